The zero-order chi connectivity index (χ0) is 17.5. The second kappa shape index (κ2) is 6.43. The van der Waals surface area contributed by atoms with Crippen molar-refractivity contribution in [1.29, 1.82) is 0 Å². The highest BCUT2D eigenvalue weighted by Gasteiger charge is 2.28. The van der Waals surface area contributed by atoms with Gasteiger partial charge in [0.15, 0.2) is 0 Å². The van der Waals surface area contributed by atoms with Crippen molar-refractivity contribution in [1.82, 2.24) is 29.9 Å². The van der Waals surface area contributed by atoms with Crippen LogP contribution in [0.15, 0.2) is 36.3 Å². The van der Waals surface area contributed by atoms with Gasteiger partial charge in [-0.1, -0.05) is 6.07 Å². The van der Waals surface area contributed by atoms with E-state index in [0.29, 0.717) is 6.17 Å². The first-order valence-corrected chi connectivity index (χ1v) is 9.70. The first-order chi connectivity index (χ1) is 12.8. The van der Waals surface area contributed by atoms with E-state index in [0.717, 1.165) is 37.6 Å². The molecule has 0 amide bonds. The Morgan fingerprint density at radius 3 is 3.08 bits per heavy atom. The highest BCUT2D eigenvalue weighted by Crippen LogP contribution is 2.25. The Hall–Kier alpha value is -2.34. The Labute approximate surface area is 154 Å². The maximum absolute atomic E-state index is 4.80. The van der Waals surface area contributed by atoms with Gasteiger partial charge in [-0.25, -0.2) is 0 Å². The molecule has 1 N–H and O–H groups in total. The Morgan fingerprint density at radius 2 is 2.19 bits per heavy atom. The lowest BCUT2D eigenvalue weighted by atomic mass is 10.1. The molecule has 3 aliphatic rings. The van der Waals surface area contributed by atoms with E-state index in [1.54, 1.807) is 0 Å². The third kappa shape index (κ3) is 2.88. The first-order valence-electron chi connectivity index (χ1n) is 9.70. The molecule has 0 saturated carbocycles. The lowest BCUT2D eigenvalue weighted by Crippen LogP contribution is -2.41. The Morgan fingerprint density at radius 1 is 1.23 bits per heavy atom. The van der Waals surface area contributed by atoms with Crippen molar-refractivity contribution >= 4 is 0 Å². The number of fused-ring (bicyclic) bond motifs is 2. The zero-order valence-corrected chi connectivity index (χ0v) is 15.4. The number of hydrogen-bond acceptors (Lipinski definition) is 5. The maximum atomic E-state index is 4.80. The monoisotopic (exact) mass is 350 g/mol. The van der Waals surface area contributed by atoms with Crippen molar-refractivity contribution in [3.05, 3.63) is 47.6 Å². The molecule has 1 fully saturated rings. The normalized spacial score (nSPS) is 22.6. The van der Waals surface area contributed by atoms with E-state index in [9.17, 15) is 0 Å². The van der Waals surface area contributed by atoms with E-state index >= 15 is 0 Å². The molecule has 5 rings (SSSR count). The molecular formula is C20H26N6. The standard InChI is InChI=1S/C20H26N6/c1-15-5-4-7-21-20(15)18-11-17-14-24(9-10-26(17)23-18)12-16-13-25-8-3-2-6-19(25)22-16/h4-5,7,11,13,19,22H,2-3,6,8-10,12,14H2,1H3. The van der Waals surface area contributed by atoms with Crippen molar-refractivity contribution in [2.45, 2.75) is 45.4 Å². The second-order valence-electron chi connectivity index (χ2n) is 7.67. The lowest BCUT2D eigenvalue weighted by Gasteiger charge is -2.30. The highest BCUT2D eigenvalue weighted by atomic mass is 15.4. The number of rotatable bonds is 3. The van der Waals surface area contributed by atoms with Crippen LogP contribution in [0.5, 0.6) is 0 Å². The summed E-state index contributed by atoms with van der Waals surface area (Å²) in [4.78, 5) is 9.52. The average molecular weight is 350 g/mol. The fourth-order valence-corrected chi connectivity index (χ4v) is 4.37. The van der Waals surface area contributed by atoms with Crippen LogP contribution in [-0.2, 0) is 13.1 Å². The molecule has 1 saturated heterocycles. The molecule has 0 aromatic carbocycles. The summed E-state index contributed by atoms with van der Waals surface area (Å²) in [5, 5.41) is 8.51. The average Bonchev–Trinajstić information content (AvgIpc) is 3.24. The molecule has 6 nitrogen and oxygen atoms in total. The molecule has 1 unspecified atom stereocenters. The molecule has 136 valence electrons. The van der Waals surface area contributed by atoms with Gasteiger partial charge >= 0.3 is 0 Å². The van der Waals surface area contributed by atoms with Gasteiger partial charge in [-0.3, -0.25) is 14.6 Å². The zero-order valence-electron chi connectivity index (χ0n) is 15.4. The van der Waals surface area contributed by atoms with Crippen molar-refractivity contribution in [3.63, 3.8) is 0 Å². The van der Waals surface area contributed by atoms with Gasteiger partial charge in [0.25, 0.3) is 0 Å². The van der Waals surface area contributed by atoms with Gasteiger partial charge in [0.2, 0.25) is 0 Å². The van der Waals surface area contributed by atoms with Gasteiger partial charge in [0.1, 0.15) is 5.69 Å². The third-order valence-electron chi connectivity index (χ3n) is 5.74. The fraction of sp³-hybridized carbons (Fsp3) is 0.500. The number of piperidine rings is 1. The molecule has 0 aliphatic carbocycles. The van der Waals surface area contributed by atoms with Crippen LogP contribution >= 0.6 is 0 Å². The van der Waals surface area contributed by atoms with E-state index in [2.05, 4.69) is 50.0 Å². The second-order valence-corrected chi connectivity index (χ2v) is 7.67. The third-order valence-corrected chi connectivity index (χ3v) is 5.74. The minimum Gasteiger partial charge on any atom is -0.366 e. The van der Waals surface area contributed by atoms with Crippen LogP contribution in [0.3, 0.4) is 0 Å². The van der Waals surface area contributed by atoms with Gasteiger partial charge in [0.05, 0.1) is 24.1 Å². The summed E-state index contributed by atoms with van der Waals surface area (Å²) in [7, 11) is 0. The Bertz CT molecular complexity index is 839. The molecule has 1 atom stereocenters. The summed E-state index contributed by atoms with van der Waals surface area (Å²) in [5.74, 6) is 0. The first kappa shape index (κ1) is 15.9. The number of nitrogens with one attached hydrogen (secondary N) is 1. The number of aromatic nitrogens is 3. The Balaban J connectivity index is 1.29. The number of nitrogens with zero attached hydrogens (tertiary/aromatic N) is 5. The molecule has 26 heavy (non-hydrogen) atoms. The molecule has 2 aromatic rings. The van der Waals surface area contributed by atoms with Crippen LogP contribution in [0, 0.1) is 6.92 Å². The van der Waals surface area contributed by atoms with Crippen molar-refractivity contribution in [2.24, 2.45) is 0 Å². The summed E-state index contributed by atoms with van der Waals surface area (Å²) in [6, 6.07) is 6.29. The summed E-state index contributed by atoms with van der Waals surface area (Å²) in [5.41, 5.74) is 5.82. The smallest absolute Gasteiger partial charge is 0.111 e. The number of hydrogen-bond donors (Lipinski definition) is 1. The molecule has 0 spiro atoms. The molecule has 0 bridgehead atoms. The summed E-state index contributed by atoms with van der Waals surface area (Å²) < 4.78 is 2.15. The van der Waals surface area contributed by atoms with Crippen molar-refractivity contribution < 1.29 is 0 Å². The molecule has 2 aromatic heterocycles. The molecule has 6 heteroatoms. The van der Waals surface area contributed by atoms with Crippen LogP contribution in [0.4, 0.5) is 0 Å². The summed E-state index contributed by atoms with van der Waals surface area (Å²) >= 11 is 0. The predicted octanol–water partition coefficient (Wildman–Crippen LogP) is 2.33. The van der Waals surface area contributed by atoms with Crippen LogP contribution in [0.2, 0.25) is 0 Å². The predicted molar refractivity (Wildman–Crippen MR) is 101 cm³/mol. The fourth-order valence-electron chi connectivity index (χ4n) is 4.37. The van der Waals surface area contributed by atoms with Crippen LogP contribution < -0.4 is 5.32 Å². The topological polar surface area (TPSA) is 49.2 Å². The van der Waals surface area contributed by atoms with E-state index < -0.39 is 0 Å². The molecular weight excluding hydrogens is 324 g/mol. The summed E-state index contributed by atoms with van der Waals surface area (Å²) in [6.45, 7) is 7.22. The largest absolute Gasteiger partial charge is 0.366 e. The van der Waals surface area contributed by atoms with E-state index in [1.165, 1.54) is 42.8 Å². The summed E-state index contributed by atoms with van der Waals surface area (Å²) in [6.07, 6.45) is 8.65. The van der Waals surface area contributed by atoms with Crippen molar-refractivity contribution in [3.8, 4) is 11.4 Å². The molecule has 5 heterocycles. The lowest BCUT2D eigenvalue weighted by molar-refractivity contribution is 0.207. The quantitative estimate of drug-likeness (QED) is 0.921. The highest BCUT2D eigenvalue weighted by molar-refractivity contribution is 5.58. The minimum atomic E-state index is 0.535. The van der Waals surface area contributed by atoms with Gasteiger partial charge in [-0.05, 0) is 43.9 Å². The minimum absolute atomic E-state index is 0.535. The molecule has 3 aliphatic heterocycles. The van der Waals surface area contributed by atoms with Gasteiger partial charge in [0, 0.05) is 44.3 Å². The number of pyridine rings is 1. The van der Waals surface area contributed by atoms with Crippen molar-refractivity contribution in [2.75, 3.05) is 19.6 Å². The van der Waals surface area contributed by atoms with Crippen LogP contribution in [0.1, 0.15) is 30.5 Å². The van der Waals surface area contributed by atoms with E-state index in [1.807, 2.05) is 12.3 Å². The van der Waals surface area contributed by atoms with E-state index in [4.69, 9.17) is 5.10 Å². The van der Waals surface area contributed by atoms with Crippen LogP contribution in [-0.4, -0.2) is 50.4 Å². The van der Waals surface area contributed by atoms with Crippen LogP contribution in [0.25, 0.3) is 11.4 Å². The number of aryl methyl sites for hydroxylation is 1. The molecule has 0 radical (unpaired) electrons. The SMILES string of the molecule is Cc1cccnc1-c1cc2n(n1)CCN(CC1=CN3CCCCC3N1)C2. The van der Waals surface area contributed by atoms with Gasteiger partial charge in [-0.2, -0.15) is 5.10 Å². The van der Waals surface area contributed by atoms with Gasteiger partial charge in [-0.15, -0.1) is 0 Å². The van der Waals surface area contributed by atoms with E-state index in [-0.39, 0.29) is 0 Å². The van der Waals surface area contributed by atoms with Gasteiger partial charge < -0.3 is 10.2 Å². The maximum Gasteiger partial charge on any atom is 0.111 e. The Kier molecular flexibility index (Phi) is 3.93.